The molecule has 2 heterocycles. The van der Waals surface area contributed by atoms with Crippen LogP contribution in [0, 0.1) is 5.92 Å². The molecule has 122 valence electrons. The molecular weight excluding hydrogens is 324 g/mol. The molecule has 1 amide bonds. The minimum Gasteiger partial charge on any atom is -0.352 e. The molecule has 1 N–H and O–H groups in total. The fourth-order valence-electron chi connectivity index (χ4n) is 2.74. The summed E-state index contributed by atoms with van der Waals surface area (Å²) < 4.78 is 1.89. The lowest BCUT2D eigenvalue weighted by Crippen LogP contribution is -2.25. The Labute approximate surface area is 144 Å². The summed E-state index contributed by atoms with van der Waals surface area (Å²) in [7, 11) is 1.90. The van der Waals surface area contributed by atoms with Crippen LogP contribution in [0.1, 0.15) is 23.2 Å². The Bertz CT molecular complexity index is 930. The molecule has 6 heteroatoms. The number of rotatable bonds is 4. The Hall–Kier alpha value is -2.40. The monoisotopic (exact) mass is 340 g/mol. The van der Waals surface area contributed by atoms with E-state index < -0.39 is 0 Å². The van der Waals surface area contributed by atoms with Crippen LogP contribution >= 0.6 is 11.6 Å². The summed E-state index contributed by atoms with van der Waals surface area (Å²) in [4.78, 5) is 21.3. The highest BCUT2D eigenvalue weighted by molar-refractivity contribution is 6.33. The standard InChI is InChI=1S/C18H17ClN4O/c1-23-16(13-4-2-3-5-14(13)19)22-15-8-12(10-20-17(15)23)18(24)21-9-11-6-7-11/h2-5,8,10-11H,6-7,9H2,1H3,(H,21,24). The number of aromatic nitrogens is 3. The molecule has 1 aliphatic rings. The van der Waals surface area contributed by atoms with E-state index in [-0.39, 0.29) is 5.91 Å². The maximum Gasteiger partial charge on any atom is 0.252 e. The third-order valence-corrected chi connectivity index (χ3v) is 4.66. The molecule has 1 aromatic carbocycles. The molecule has 0 spiro atoms. The zero-order valence-electron chi connectivity index (χ0n) is 13.3. The van der Waals surface area contributed by atoms with Crippen LogP contribution in [-0.4, -0.2) is 27.0 Å². The van der Waals surface area contributed by atoms with Crippen LogP contribution in [0.2, 0.25) is 5.02 Å². The molecule has 5 nitrogen and oxygen atoms in total. The fourth-order valence-corrected chi connectivity index (χ4v) is 2.96. The zero-order valence-corrected chi connectivity index (χ0v) is 14.0. The van der Waals surface area contributed by atoms with Crippen LogP contribution < -0.4 is 5.32 Å². The summed E-state index contributed by atoms with van der Waals surface area (Å²) in [6, 6.07) is 9.35. The summed E-state index contributed by atoms with van der Waals surface area (Å²) in [5.41, 5.74) is 2.79. The van der Waals surface area contributed by atoms with Crippen molar-refractivity contribution in [2.75, 3.05) is 6.54 Å². The third-order valence-electron chi connectivity index (χ3n) is 4.33. The first-order valence-corrected chi connectivity index (χ1v) is 8.37. The van der Waals surface area contributed by atoms with E-state index in [9.17, 15) is 4.79 Å². The number of aryl methyl sites for hydroxylation is 1. The van der Waals surface area contributed by atoms with Gasteiger partial charge in [0.1, 0.15) is 11.3 Å². The van der Waals surface area contributed by atoms with Crippen LogP contribution in [0.25, 0.3) is 22.6 Å². The molecule has 24 heavy (non-hydrogen) atoms. The molecule has 0 aliphatic heterocycles. The highest BCUT2D eigenvalue weighted by Gasteiger charge is 2.22. The molecule has 1 aliphatic carbocycles. The van der Waals surface area contributed by atoms with E-state index in [4.69, 9.17) is 11.6 Å². The van der Waals surface area contributed by atoms with Crippen molar-refractivity contribution in [3.8, 4) is 11.4 Å². The number of nitrogens with zero attached hydrogens (tertiary/aromatic N) is 3. The van der Waals surface area contributed by atoms with Crippen molar-refractivity contribution in [1.29, 1.82) is 0 Å². The van der Waals surface area contributed by atoms with Gasteiger partial charge in [0.15, 0.2) is 5.65 Å². The van der Waals surface area contributed by atoms with Gasteiger partial charge < -0.3 is 9.88 Å². The number of carbonyl (C=O) groups is 1. The van der Waals surface area contributed by atoms with Gasteiger partial charge in [0.25, 0.3) is 5.91 Å². The molecule has 1 saturated carbocycles. The molecule has 1 fully saturated rings. The Morgan fingerprint density at radius 2 is 2.17 bits per heavy atom. The van der Waals surface area contributed by atoms with Gasteiger partial charge in [-0.3, -0.25) is 4.79 Å². The lowest BCUT2D eigenvalue weighted by Gasteiger charge is -2.04. The van der Waals surface area contributed by atoms with Crippen molar-refractivity contribution in [3.63, 3.8) is 0 Å². The largest absolute Gasteiger partial charge is 0.352 e. The predicted molar refractivity (Wildman–Crippen MR) is 94.0 cm³/mol. The van der Waals surface area contributed by atoms with Gasteiger partial charge in [0.2, 0.25) is 0 Å². The first kappa shape index (κ1) is 15.1. The topological polar surface area (TPSA) is 59.8 Å². The van der Waals surface area contributed by atoms with Gasteiger partial charge >= 0.3 is 0 Å². The Morgan fingerprint density at radius 1 is 1.38 bits per heavy atom. The molecule has 4 rings (SSSR count). The number of hydrogen-bond donors (Lipinski definition) is 1. The van der Waals surface area contributed by atoms with Crippen LogP contribution in [0.4, 0.5) is 0 Å². The average Bonchev–Trinajstić information content (AvgIpc) is 3.36. The highest BCUT2D eigenvalue weighted by Crippen LogP contribution is 2.29. The van der Waals surface area contributed by atoms with Crippen molar-refractivity contribution < 1.29 is 4.79 Å². The first-order valence-electron chi connectivity index (χ1n) is 7.99. The Morgan fingerprint density at radius 3 is 2.92 bits per heavy atom. The minimum absolute atomic E-state index is 0.0961. The van der Waals surface area contributed by atoms with E-state index in [1.54, 1.807) is 12.3 Å². The van der Waals surface area contributed by atoms with Crippen molar-refractivity contribution in [2.45, 2.75) is 12.8 Å². The summed E-state index contributed by atoms with van der Waals surface area (Å²) in [5.74, 6) is 1.28. The average molecular weight is 341 g/mol. The second-order valence-electron chi connectivity index (χ2n) is 6.19. The van der Waals surface area contributed by atoms with E-state index in [2.05, 4.69) is 15.3 Å². The number of halogens is 1. The van der Waals surface area contributed by atoms with Crippen LogP contribution in [0.3, 0.4) is 0 Å². The lowest BCUT2D eigenvalue weighted by atomic mass is 10.2. The molecule has 3 aromatic rings. The Balaban J connectivity index is 1.70. The number of carbonyl (C=O) groups excluding carboxylic acids is 1. The van der Waals surface area contributed by atoms with Gasteiger partial charge in [-0.25, -0.2) is 9.97 Å². The number of benzene rings is 1. The van der Waals surface area contributed by atoms with Gasteiger partial charge in [-0.2, -0.15) is 0 Å². The molecule has 2 aromatic heterocycles. The van der Waals surface area contributed by atoms with E-state index in [0.717, 1.165) is 23.6 Å². The highest BCUT2D eigenvalue weighted by atomic mass is 35.5. The van der Waals surface area contributed by atoms with Crippen LogP contribution in [0.15, 0.2) is 36.5 Å². The SMILES string of the molecule is Cn1c(-c2ccccc2Cl)nc2cc(C(=O)NCC3CC3)cnc21. The maximum atomic E-state index is 12.2. The van der Waals surface area contributed by atoms with Crippen molar-refractivity contribution >= 4 is 28.7 Å². The number of amides is 1. The van der Waals surface area contributed by atoms with Gasteiger partial charge in [-0.15, -0.1) is 0 Å². The summed E-state index contributed by atoms with van der Waals surface area (Å²) in [6.07, 6.45) is 4.01. The van der Waals surface area contributed by atoms with E-state index >= 15 is 0 Å². The van der Waals surface area contributed by atoms with Crippen molar-refractivity contribution in [1.82, 2.24) is 19.9 Å². The van der Waals surface area contributed by atoms with Crippen LogP contribution in [-0.2, 0) is 7.05 Å². The number of nitrogens with one attached hydrogen (secondary N) is 1. The molecule has 0 radical (unpaired) electrons. The summed E-state index contributed by atoms with van der Waals surface area (Å²) >= 11 is 6.28. The van der Waals surface area contributed by atoms with Crippen molar-refractivity contribution in [2.24, 2.45) is 13.0 Å². The van der Waals surface area contributed by atoms with Gasteiger partial charge in [-0.05, 0) is 37.0 Å². The van der Waals surface area contributed by atoms with Crippen LogP contribution in [0.5, 0.6) is 0 Å². The minimum atomic E-state index is -0.0961. The van der Waals surface area contributed by atoms with E-state index in [0.29, 0.717) is 22.0 Å². The predicted octanol–water partition coefficient (Wildman–Crippen LogP) is 3.43. The molecule has 0 atom stereocenters. The lowest BCUT2D eigenvalue weighted by molar-refractivity contribution is 0.0951. The number of hydrogen-bond acceptors (Lipinski definition) is 3. The molecular formula is C18H17ClN4O. The fraction of sp³-hybridized carbons (Fsp3) is 0.278. The van der Waals surface area contributed by atoms with Gasteiger partial charge in [0, 0.05) is 25.4 Å². The maximum absolute atomic E-state index is 12.2. The zero-order chi connectivity index (χ0) is 16.7. The van der Waals surface area contributed by atoms with Gasteiger partial charge in [0.05, 0.1) is 10.6 Å². The second-order valence-corrected chi connectivity index (χ2v) is 6.60. The summed E-state index contributed by atoms with van der Waals surface area (Å²) in [6.45, 7) is 0.740. The van der Waals surface area contributed by atoms with Gasteiger partial charge in [-0.1, -0.05) is 23.7 Å². The number of pyridine rings is 1. The second kappa shape index (κ2) is 5.91. The number of fused-ring (bicyclic) bond motifs is 1. The molecule has 0 saturated heterocycles. The third kappa shape index (κ3) is 2.76. The number of imidazole rings is 1. The Kier molecular flexibility index (Phi) is 3.73. The van der Waals surface area contributed by atoms with Crippen molar-refractivity contribution in [3.05, 3.63) is 47.1 Å². The van der Waals surface area contributed by atoms with E-state index in [1.165, 1.54) is 12.8 Å². The first-order chi connectivity index (χ1) is 11.6. The summed E-state index contributed by atoms with van der Waals surface area (Å²) in [5, 5.41) is 3.59. The molecule has 0 unspecified atom stereocenters. The molecule has 0 bridgehead atoms. The quantitative estimate of drug-likeness (QED) is 0.791. The normalized spacial score (nSPS) is 14.1. The van der Waals surface area contributed by atoms with E-state index in [1.807, 2.05) is 35.9 Å². The smallest absolute Gasteiger partial charge is 0.252 e.